The number of nitrogens with zero attached hydrogens (tertiary/aromatic N) is 1. The summed E-state index contributed by atoms with van der Waals surface area (Å²) in [4.78, 5) is 2.61. The highest BCUT2D eigenvalue weighted by molar-refractivity contribution is 4.85. The van der Waals surface area contributed by atoms with Crippen LogP contribution in [0.1, 0.15) is 39.5 Å². The summed E-state index contributed by atoms with van der Waals surface area (Å²) >= 11 is 0. The number of piperidine rings is 1. The number of hydrogen-bond acceptors (Lipinski definition) is 2. The summed E-state index contributed by atoms with van der Waals surface area (Å²) in [6, 6.07) is 1.18. The van der Waals surface area contributed by atoms with Crippen LogP contribution in [0.2, 0.25) is 0 Å². The summed E-state index contributed by atoms with van der Waals surface area (Å²) in [6.45, 7) is 7.10. The van der Waals surface area contributed by atoms with Crippen molar-refractivity contribution in [3.63, 3.8) is 0 Å². The van der Waals surface area contributed by atoms with Crippen molar-refractivity contribution in [3.8, 4) is 0 Å². The number of hydrogen-bond donors (Lipinski definition) is 1. The van der Waals surface area contributed by atoms with Gasteiger partial charge in [-0.15, -0.1) is 0 Å². The molecule has 2 N–H and O–H groups in total. The van der Waals surface area contributed by atoms with E-state index in [9.17, 15) is 0 Å². The molecule has 14 heavy (non-hydrogen) atoms. The fourth-order valence-corrected chi connectivity index (χ4v) is 2.79. The molecule has 2 heteroatoms. The molecule has 1 heterocycles. The van der Waals surface area contributed by atoms with Crippen LogP contribution in [0.4, 0.5) is 0 Å². The lowest BCUT2D eigenvalue weighted by Crippen LogP contribution is -2.49. The quantitative estimate of drug-likeness (QED) is 0.746. The Morgan fingerprint density at radius 3 is 2.64 bits per heavy atom. The summed E-state index contributed by atoms with van der Waals surface area (Å²) in [5.74, 6) is 1.83. The van der Waals surface area contributed by atoms with Crippen molar-refractivity contribution in [2.24, 2.45) is 17.6 Å². The van der Waals surface area contributed by atoms with Crippen molar-refractivity contribution in [3.05, 3.63) is 0 Å². The van der Waals surface area contributed by atoms with E-state index in [-0.39, 0.29) is 0 Å². The summed E-state index contributed by atoms with van der Waals surface area (Å²) in [7, 11) is 0. The van der Waals surface area contributed by atoms with E-state index < -0.39 is 0 Å². The molecule has 1 aliphatic heterocycles. The first-order valence-electron chi connectivity index (χ1n) is 6.14. The van der Waals surface area contributed by atoms with Gasteiger partial charge in [0.2, 0.25) is 0 Å². The van der Waals surface area contributed by atoms with Gasteiger partial charge < -0.3 is 5.73 Å². The minimum absolute atomic E-state index is 0.417. The van der Waals surface area contributed by atoms with E-state index in [4.69, 9.17) is 5.73 Å². The summed E-state index contributed by atoms with van der Waals surface area (Å²) in [5.41, 5.74) is 6.06. The molecule has 1 aliphatic carbocycles. The van der Waals surface area contributed by atoms with E-state index in [2.05, 4.69) is 18.7 Å². The highest BCUT2D eigenvalue weighted by Gasteiger charge is 2.30. The van der Waals surface area contributed by atoms with Crippen LogP contribution in [0.3, 0.4) is 0 Å². The average molecular weight is 196 g/mol. The fourth-order valence-electron chi connectivity index (χ4n) is 2.79. The zero-order chi connectivity index (χ0) is 10.1. The lowest BCUT2D eigenvalue weighted by atomic mass is 9.94. The molecule has 2 nitrogen and oxygen atoms in total. The second kappa shape index (κ2) is 4.19. The third-order valence-corrected chi connectivity index (χ3v) is 3.72. The van der Waals surface area contributed by atoms with E-state index >= 15 is 0 Å². The molecule has 0 radical (unpaired) electrons. The smallest absolute Gasteiger partial charge is 0.0170 e. The molecule has 1 saturated carbocycles. The van der Waals surface area contributed by atoms with Gasteiger partial charge in [-0.05, 0) is 31.6 Å². The van der Waals surface area contributed by atoms with Gasteiger partial charge in [-0.1, -0.05) is 19.8 Å². The third-order valence-electron chi connectivity index (χ3n) is 3.72. The predicted octanol–water partition coefficient (Wildman–Crippen LogP) is 1.84. The van der Waals surface area contributed by atoms with Crippen molar-refractivity contribution in [1.29, 1.82) is 0 Å². The molecule has 2 aliphatic rings. The molecule has 2 rings (SSSR count). The van der Waals surface area contributed by atoms with Crippen molar-refractivity contribution in [1.82, 2.24) is 4.90 Å². The predicted molar refractivity (Wildman–Crippen MR) is 60.1 cm³/mol. The van der Waals surface area contributed by atoms with Crippen molar-refractivity contribution >= 4 is 0 Å². The Kier molecular flexibility index (Phi) is 3.13. The fraction of sp³-hybridized carbons (Fsp3) is 1.00. The first-order chi connectivity index (χ1) is 6.65. The Labute approximate surface area is 87.8 Å². The molecule has 0 aromatic carbocycles. The minimum Gasteiger partial charge on any atom is -0.327 e. The first-order valence-corrected chi connectivity index (χ1v) is 6.14. The second-order valence-electron chi connectivity index (χ2n) is 5.58. The van der Waals surface area contributed by atoms with Gasteiger partial charge in [0.05, 0.1) is 0 Å². The van der Waals surface area contributed by atoms with Crippen LogP contribution in [0, 0.1) is 11.8 Å². The topological polar surface area (TPSA) is 29.3 Å². The summed E-state index contributed by atoms with van der Waals surface area (Å²) < 4.78 is 0. The molecule has 0 aromatic heterocycles. The van der Waals surface area contributed by atoms with Crippen LogP contribution in [-0.2, 0) is 0 Å². The molecule has 3 unspecified atom stereocenters. The molecule has 0 bridgehead atoms. The van der Waals surface area contributed by atoms with Gasteiger partial charge in [-0.2, -0.15) is 0 Å². The molecule has 1 saturated heterocycles. The highest BCUT2D eigenvalue weighted by atomic mass is 15.2. The Bertz CT molecular complexity index is 179. The van der Waals surface area contributed by atoms with Crippen LogP contribution >= 0.6 is 0 Å². The lowest BCUT2D eigenvalue weighted by Gasteiger charge is -2.38. The maximum Gasteiger partial charge on any atom is 0.0170 e. The number of likely N-dealkylation sites (tertiary alicyclic amines) is 1. The third kappa shape index (κ3) is 2.71. The van der Waals surface area contributed by atoms with Crippen LogP contribution in [0.5, 0.6) is 0 Å². The normalized spacial score (nSPS) is 37.1. The Balaban J connectivity index is 1.81. The van der Waals surface area contributed by atoms with E-state index in [0.29, 0.717) is 6.04 Å². The summed E-state index contributed by atoms with van der Waals surface area (Å²) in [6.07, 6.45) is 5.56. The monoisotopic (exact) mass is 196 g/mol. The van der Waals surface area contributed by atoms with Crippen LogP contribution in [0.25, 0.3) is 0 Å². The van der Waals surface area contributed by atoms with Crippen LogP contribution in [-0.4, -0.2) is 30.1 Å². The van der Waals surface area contributed by atoms with Gasteiger partial charge in [-0.25, -0.2) is 0 Å². The summed E-state index contributed by atoms with van der Waals surface area (Å²) in [5, 5.41) is 0. The Hall–Kier alpha value is -0.0800. The zero-order valence-electron chi connectivity index (χ0n) is 9.58. The zero-order valence-corrected chi connectivity index (χ0v) is 9.58. The van der Waals surface area contributed by atoms with Gasteiger partial charge in [0.15, 0.2) is 0 Å². The van der Waals surface area contributed by atoms with E-state index in [1.807, 2.05) is 0 Å². The van der Waals surface area contributed by atoms with Gasteiger partial charge in [0.25, 0.3) is 0 Å². The standard InChI is InChI=1S/C12H24N2/c1-9-5-12(13)8-14(7-9)10(2)6-11-3-4-11/h9-12H,3-8,13H2,1-2H3. The molecule has 0 spiro atoms. The Morgan fingerprint density at radius 2 is 2.07 bits per heavy atom. The van der Waals surface area contributed by atoms with E-state index in [1.54, 1.807) is 0 Å². The first kappa shape index (κ1) is 10.4. The van der Waals surface area contributed by atoms with Crippen LogP contribution in [0.15, 0.2) is 0 Å². The second-order valence-corrected chi connectivity index (χ2v) is 5.58. The molecule has 82 valence electrons. The largest absolute Gasteiger partial charge is 0.327 e. The molecule has 0 amide bonds. The van der Waals surface area contributed by atoms with E-state index in [0.717, 1.165) is 24.4 Å². The van der Waals surface area contributed by atoms with Gasteiger partial charge in [0, 0.05) is 25.2 Å². The van der Waals surface area contributed by atoms with Crippen LogP contribution < -0.4 is 5.73 Å². The average Bonchev–Trinajstić information content (AvgIpc) is 2.86. The molecule has 3 atom stereocenters. The van der Waals surface area contributed by atoms with Gasteiger partial charge in [-0.3, -0.25) is 4.90 Å². The van der Waals surface area contributed by atoms with E-state index in [1.165, 1.54) is 32.2 Å². The van der Waals surface area contributed by atoms with Gasteiger partial charge >= 0.3 is 0 Å². The highest BCUT2D eigenvalue weighted by Crippen LogP contribution is 2.35. The molecular weight excluding hydrogens is 172 g/mol. The van der Waals surface area contributed by atoms with Crippen molar-refractivity contribution in [2.45, 2.75) is 51.6 Å². The van der Waals surface area contributed by atoms with Gasteiger partial charge in [0.1, 0.15) is 0 Å². The number of rotatable bonds is 3. The Morgan fingerprint density at radius 1 is 1.36 bits per heavy atom. The minimum atomic E-state index is 0.417. The van der Waals surface area contributed by atoms with Crippen molar-refractivity contribution in [2.75, 3.05) is 13.1 Å². The molecule has 2 fully saturated rings. The molecule has 0 aromatic rings. The lowest BCUT2D eigenvalue weighted by molar-refractivity contribution is 0.116. The maximum absolute atomic E-state index is 6.06. The maximum atomic E-state index is 6.06. The SMILES string of the molecule is CC1CC(N)CN(C(C)CC2CC2)C1. The molecular formula is C12H24N2. The number of nitrogens with two attached hydrogens (primary N) is 1. The van der Waals surface area contributed by atoms with Crippen molar-refractivity contribution < 1.29 is 0 Å².